The van der Waals surface area contributed by atoms with E-state index in [4.69, 9.17) is 12.6 Å². The number of carbonyl (C=O) groups is 2. The average molecular weight is 357 g/mol. The highest BCUT2D eigenvalue weighted by atomic mass is 79.9. The maximum Gasteiger partial charge on any atom is 0.176 e. The van der Waals surface area contributed by atoms with Gasteiger partial charge in [0.2, 0.25) is 0 Å². The summed E-state index contributed by atoms with van der Waals surface area (Å²) in [5.74, 6) is 0.540. The first-order chi connectivity index (χ1) is 10.5. The molecule has 3 rings (SSSR count). The van der Waals surface area contributed by atoms with E-state index in [-0.39, 0.29) is 10.6 Å². The van der Waals surface area contributed by atoms with Gasteiger partial charge in [-0.05, 0) is 36.1 Å². The molecule has 2 radical (unpaired) electrons. The zero-order valence-electron chi connectivity index (χ0n) is 12.0. The van der Waals surface area contributed by atoms with Crippen LogP contribution in [0, 0.1) is 0 Å². The predicted octanol–water partition coefficient (Wildman–Crippen LogP) is 2.99. The van der Waals surface area contributed by atoms with E-state index in [2.05, 4.69) is 22.5 Å². The second-order valence-electron chi connectivity index (χ2n) is 5.55. The van der Waals surface area contributed by atoms with Crippen LogP contribution in [0.25, 0.3) is 5.57 Å². The molecule has 0 amide bonds. The third kappa shape index (κ3) is 2.70. The van der Waals surface area contributed by atoms with Crippen molar-refractivity contribution in [1.29, 1.82) is 0 Å². The number of hydrogen-bond acceptors (Lipinski definition) is 3. The van der Waals surface area contributed by atoms with Gasteiger partial charge in [0.25, 0.3) is 0 Å². The summed E-state index contributed by atoms with van der Waals surface area (Å²) in [6.07, 6.45) is 4.94. The molecule has 3 nitrogen and oxygen atoms in total. The molecule has 0 saturated carbocycles. The minimum Gasteiger partial charge on any atom is -0.483 e. The van der Waals surface area contributed by atoms with Gasteiger partial charge in [0.05, 0.1) is 4.83 Å². The fraction of sp³-hybridized carbons (Fsp3) is 0.294. The van der Waals surface area contributed by atoms with E-state index in [9.17, 15) is 9.59 Å². The Labute approximate surface area is 139 Å². The van der Waals surface area contributed by atoms with Crippen LogP contribution in [0.4, 0.5) is 0 Å². The normalized spacial score (nSPS) is 23.9. The minimum atomic E-state index is -0.736. The Kier molecular flexibility index (Phi) is 4.08. The molecule has 0 bridgehead atoms. The lowest BCUT2D eigenvalue weighted by Gasteiger charge is -2.25. The SMILES string of the molecule is [B]C(=O)[C@H]1CC=CC(=C)c2cc3c(cc2O1)C(=O)C(Br)CC3. The van der Waals surface area contributed by atoms with Crippen LogP contribution in [-0.2, 0) is 11.2 Å². The highest BCUT2D eigenvalue weighted by Gasteiger charge is 2.28. The lowest BCUT2D eigenvalue weighted by Crippen LogP contribution is -2.28. The van der Waals surface area contributed by atoms with Crippen LogP contribution in [0.5, 0.6) is 5.75 Å². The van der Waals surface area contributed by atoms with Crippen molar-refractivity contribution in [3.8, 4) is 5.75 Å². The van der Waals surface area contributed by atoms with Gasteiger partial charge in [-0.25, -0.2) is 0 Å². The quantitative estimate of drug-likeness (QED) is 0.574. The fourth-order valence-electron chi connectivity index (χ4n) is 2.79. The van der Waals surface area contributed by atoms with E-state index in [1.807, 2.05) is 18.2 Å². The van der Waals surface area contributed by atoms with Gasteiger partial charge < -0.3 is 9.53 Å². The molecular formula is C17H14BBrO3. The van der Waals surface area contributed by atoms with Crippen LogP contribution in [0.3, 0.4) is 0 Å². The largest absolute Gasteiger partial charge is 0.483 e. The number of allylic oxidation sites excluding steroid dienone is 2. The lowest BCUT2D eigenvalue weighted by atomic mass is 9.87. The third-order valence-corrected chi connectivity index (χ3v) is 4.90. The molecule has 110 valence electrons. The molecule has 0 fully saturated rings. The van der Waals surface area contributed by atoms with Crippen LogP contribution in [0.15, 0.2) is 30.9 Å². The summed E-state index contributed by atoms with van der Waals surface area (Å²) in [5, 5.41) is 0. The Bertz CT molecular complexity index is 708. The molecule has 0 aromatic heterocycles. The molecule has 2 atom stereocenters. The summed E-state index contributed by atoms with van der Waals surface area (Å²) in [6, 6.07) is 3.66. The van der Waals surface area contributed by atoms with Crippen molar-refractivity contribution in [3.63, 3.8) is 0 Å². The molecule has 2 aliphatic rings. The Morgan fingerprint density at radius 3 is 2.86 bits per heavy atom. The van der Waals surface area contributed by atoms with Crippen molar-refractivity contribution in [2.75, 3.05) is 0 Å². The fourth-order valence-corrected chi connectivity index (χ4v) is 3.27. The van der Waals surface area contributed by atoms with E-state index >= 15 is 0 Å². The summed E-state index contributed by atoms with van der Waals surface area (Å²) in [6.45, 7) is 4.03. The van der Waals surface area contributed by atoms with Crippen LogP contribution >= 0.6 is 15.9 Å². The van der Waals surface area contributed by atoms with Gasteiger partial charge in [0.15, 0.2) is 13.6 Å². The predicted molar refractivity (Wildman–Crippen MR) is 89.8 cm³/mol. The topological polar surface area (TPSA) is 43.4 Å². The first kappa shape index (κ1) is 15.3. The number of halogens is 1. The minimum absolute atomic E-state index is 0.0477. The smallest absolute Gasteiger partial charge is 0.176 e. The molecule has 0 saturated heterocycles. The van der Waals surface area contributed by atoms with E-state index in [0.29, 0.717) is 17.7 Å². The molecule has 1 aliphatic carbocycles. The van der Waals surface area contributed by atoms with Crippen molar-refractivity contribution in [2.45, 2.75) is 30.2 Å². The highest BCUT2D eigenvalue weighted by Crippen LogP contribution is 2.36. The van der Waals surface area contributed by atoms with Crippen molar-refractivity contribution < 1.29 is 14.3 Å². The summed E-state index contributed by atoms with van der Waals surface area (Å²) >= 11 is 3.40. The molecule has 1 aromatic carbocycles. The first-order valence-corrected chi connectivity index (χ1v) is 8.06. The number of rotatable bonds is 1. The molecule has 1 heterocycles. The lowest BCUT2D eigenvalue weighted by molar-refractivity contribution is -0.117. The molecule has 0 spiro atoms. The van der Waals surface area contributed by atoms with Gasteiger partial charge in [-0.3, -0.25) is 4.79 Å². The highest BCUT2D eigenvalue weighted by molar-refractivity contribution is 9.10. The molecular weight excluding hydrogens is 343 g/mol. The van der Waals surface area contributed by atoms with E-state index in [1.165, 1.54) is 0 Å². The van der Waals surface area contributed by atoms with Gasteiger partial charge >= 0.3 is 0 Å². The number of Topliss-reactive ketones (excluding diaryl/α,β-unsaturated/α-hetero) is 1. The van der Waals surface area contributed by atoms with Gasteiger partial charge in [-0.1, -0.05) is 34.7 Å². The summed E-state index contributed by atoms with van der Waals surface area (Å²) in [4.78, 5) is 23.6. The van der Waals surface area contributed by atoms with Crippen LogP contribution in [-0.4, -0.2) is 30.2 Å². The Morgan fingerprint density at radius 2 is 2.14 bits per heavy atom. The molecule has 1 unspecified atom stereocenters. The maximum atomic E-state index is 12.3. The number of hydrogen-bond donors (Lipinski definition) is 0. The van der Waals surface area contributed by atoms with E-state index in [1.54, 1.807) is 6.07 Å². The van der Waals surface area contributed by atoms with E-state index in [0.717, 1.165) is 29.5 Å². The first-order valence-electron chi connectivity index (χ1n) is 7.14. The van der Waals surface area contributed by atoms with Crippen LogP contribution in [0.2, 0.25) is 0 Å². The molecule has 1 aromatic rings. The van der Waals surface area contributed by atoms with Crippen molar-refractivity contribution in [3.05, 3.63) is 47.6 Å². The second kappa shape index (κ2) is 5.88. The Morgan fingerprint density at radius 1 is 1.36 bits per heavy atom. The molecule has 1 aliphatic heterocycles. The van der Waals surface area contributed by atoms with E-state index < -0.39 is 11.8 Å². The molecule has 0 N–H and O–H groups in total. The average Bonchev–Trinajstić information content (AvgIpc) is 2.47. The number of ketones is 1. The Hall–Kier alpha value is -1.62. The van der Waals surface area contributed by atoms with Crippen molar-refractivity contribution >= 4 is 40.8 Å². The van der Waals surface area contributed by atoms with Gasteiger partial charge in [0, 0.05) is 17.5 Å². The summed E-state index contributed by atoms with van der Waals surface area (Å²) in [7, 11) is 5.37. The van der Waals surface area contributed by atoms with Crippen molar-refractivity contribution in [1.82, 2.24) is 0 Å². The number of ether oxygens (including phenoxy) is 1. The second-order valence-corrected chi connectivity index (χ2v) is 6.65. The third-order valence-electron chi connectivity index (χ3n) is 4.02. The van der Waals surface area contributed by atoms with Gasteiger partial charge in [-0.2, -0.15) is 0 Å². The number of benzene rings is 1. The van der Waals surface area contributed by atoms with Crippen molar-refractivity contribution in [2.24, 2.45) is 0 Å². The zero-order chi connectivity index (χ0) is 15.9. The summed E-state index contributed by atoms with van der Waals surface area (Å²) < 4.78 is 5.76. The number of carbonyl (C=O) groups excluding carboxylic acids is 2. The molecule has 5 heteroatoms. The van der Waals surface area contributed by atoms with Crippen LogP contribution in [0.1, 0.15) is 34.3 Å². The standard InChI is InChI=1S/C17H14BBrO3/c1-9-3-2-4-14(17(18)21)22-15-8-12-10(7-11(9)15)5-6-13(19)16(12)20/h2-3,7-8,13-14H,1,4-6H2/t13?,14-/m1/s1. The number of fused-ring (bicyclic) bond motifs is 2. The summed E-state index contributed by atoms with van der Waals surface area (Å²) in [5.41, 5.74) is 2.72. The zero-order valence-corrected chi connectivity index (χ0v) is 13.6. The number of aryl methyl sites for hydroxylation is 1. The van der Waals surface area contributed by atoms with Gasteiger partial charge in [0.1, 0.15) is 17.5 Å². The monoisotopic (exact) mass is 356 g/mol. The van der Waals surface area contributed by atoms with Crippen LogP contribution < -0.4 is 4.74 Å². The Balaban J connectivity index is 2.12. The van der Waals surface area contributed by atoms with Gasteiger partial charge in [-0.15, -0.1) is 0 Å². The molecule has 22 heavy (non-hydrogen) atoms. The maximum absolute atomic E-state index is 12.3. The number of alkyl halides is 1.